The molecule has 0 aromatic heterocycles. The Morgan fingerprint density at radius 2 is 0.926 bits per heavy atom. The minimum Gasteiger partial charge on any atom is -0.457 e. The van der Waals surface area contributed by atoms with Crippen molar-refractivity contribution in [3.8, 4) is 11.5 Å². The first-order chi connectivity index (χ1) is 12.8. The Morgan fingerprint density at radius 1 is 0.593 bits per heavy atom. The largest absolute Gasteiger partial charge is 0.457 e. The summed E-state index contributed by atoms with van der Waals surface area (Å²) in [7, 11) is 0. The lowest BCUT2D eigenvalue weighted by molar-refractivity contribution is 0.482. The maximum absolute atomic E-state index is 5.83. The second-order valence-corrected chi connectivity index (χ2v) is 5.57. The molecular formula is C18H22N8O. The van der Waals surface area contributed by atoms with Gasteiger partial charge in [-0.3, -0.25) is 0 Å². The van der Waals surface area contributed by atoms with E-state index in [-0.39, 0.29) is 11.9 Å². The van der Waals surface area contributed by atoms with Gasteiger partial charge >= 0.3 is 0 Å². The first-order valence-electron chi connectivity index (χ1n) is 8.00. The minimum absolute atomic E-state index is 0.0867. The van der Waals surface area contributed by atoms with Gasteiger partial charge in [-0.15, -0.1) is 10.2 Å². The summed E-state index contributed by atoms with van der Waals surface area (Å²) in [4.78, 5) is 0. The molecule has 0 unspecified atom stereocenters. The van der Waals surface area contributed by atoms with Crippen molar-refractivity contribution in [3.63, 3.8) is 0 Å². The van der Waals surface area contributed by atoms with Crippen molar-refractivity contribution in [2.24, 2.45) is 43.3 Å². The van der Waals surface area contributed by atoms with E-state index in [4.69, 9.17) is 27.7 Å². The van der Waals surface area contributed by atoms with Crippen molar-refractivity contribution in [1.29, 1.82) is 0 Å². The van der Waals surface area contributed by atoms with E-state index in [1.54, 1.807) is 0 Å². The SMILES string of the molecule is CC(=NN=C(N)N)c1ccc(Oc2ccc(C(C)=NN=C(N)N)cc2)cc1. The average Bonchev–Trinajstić information content (AvgIpc) is 2.65. The predicted octanol–water partition coefficient (Wildman–Crippen LogP) is 1.47. The van der Waals surface area contributed by atoms with Gasteiger partial charge in [-0.05, 0) is 73.5 Å². The van der Waals surface area contributed by atoms with Gasteiger partial charge in [-0.25, -0.2) is 0 Å². The van der Waals surface area contributed by atoms with Crippen LogP contribution in [0.3, 0.4) is 0 Å². The van der Waals surface area contributed by atoms with Crippen LogP contribution in [0.25, 0.3) is 0 Å². The number of ether oxygens (including phenoxy) is 1. The molecule has 9 heteroatoms. The van der Waals surface area contributed by atoms with E-state index in [1.165, 1.54) is 0 Å². The third-order valence-electron chi connectivity index (χ3n) is 3.41. The number of benzene rings is 2. The summed E-state index contributed by atoms with van der Waals surface area (Å²) < 4.78 is 5.83. The standard InChI is InChI=1S/C18H22N8O/c1-11(23-25-17(19)20)13-3-7-15(8-4-13)27-16-9-5-14(6-10-16)12(2)24-26-18(21)22/h3-10H,1-2H3,(H4,19,20,25)(H4,21,22,26). The van der Waals surface area contributed by atoms with Crippen molar-refractivity contribution >= 4 is 23.3 Å². The van der Waals surface area contributed by atoms with Crippen molar-refractivity contribution in [2.45, 2.75) is 13.8 Å². The first-order valence-corrected chi connectivity index (χ1v) is 8.00. The number of nitrogens with zero attached hydrogens (tertiary/aromatic N) is 4. The third-order valence-corrected chi connectivity index (χ3v) is 3.41. The van der Waals surface area contributed by atoms with E-state index in [2.05, 4.69) is 20.4 Å². The summed E-state index contributed by atoms with van der Waals surface area (Å²) in [5.41, 5.74) is 24.2. The Morgan fingerprint density at radius 3 is 1.22 bits per heavy atom. The summed E-state index contributed by atoms with van der Waals surface area (Å²) in [6.45, 7) is 3.63. The molecule has 9 nitrogen and oxygen atoms in total. The molecule has 0 heterocycles. The van der Waals surface area contributed by atoms with Crippen LogP contribution in [0.2, 0.25) is 0 Å². The quantitative estimate of drug-likeness (QED) is 0.345. The third kappa shape index (κ3) is 6.16. The molecule has 27 heavy (non-hydrogen) atoms. The van der Waals surface area contributed by atoms with E-state index < -0.39 is 0 Å². The molecule has 0 saturated heterocycles. The Bertz CT molecular complexity index is 812. The van der Waals surface area contributed by atoms with Crippen molar-refractivity contribution in [1.82, 2.24) is 0 Å². The highest BCUT2D eigenvalue weighted by atomic mass is 16.5. The Kier molecular flexibility index (Phi) is 6.48. The fraction of sp³-hybridized carbons (Fsp3) is 0.111. The van der Waals surface area contributed by atoms with Gasteiger partial charge < -0.3 is 27.7 Å². The molecule has 0 radical (unpaired) electrons. The molecule has 2 aromatic carbocycles. The molecule has 0 atom stereocenters. The monoisotopic (exact) mass is 366 g/mol. The molecule has 0 aliphatic rings. The average molecular weight is 366 g/mol. The van der Waals surface area contributed by atoms with E-state index in [0.717, 1.165) is 11.1 Å². The molecule has 2 rings (SSSR count). The molecule has 140 valence electrons. The zero-order chi connectivity index (χ0) is 19.8. The van der Waals surface area contributed by atoms with Crippen LogP contribution in [0.4, 0.5) is 0 Å². The first kappa shape index (κ1) is 19.4. The number of rotatable bonds is 6. The lowest BCUT2D eigenvalue weighted by Crippen LogP contribution is -2.22. The molecule has 0 fully saturated rings. The number of guanidine groups is 2. The van der Waals surface area contributed by atoms with E-state index in [9.17, 15) is 0 Å². The predicted molar refractivity (Wildman–Crippen MR) is 109 cm³/mol. The second-order valence-electron chi connectivity index (χ2n) is 5.57. The molecule has 0 saturated carbocycles. The van der Waals surface area contributed by atoms with Gasteiger partial charge in [-0.1, -0.05) is 0 Å². The maximum Gasteiger partial charge on any atom is 0.211 e. The van der Waals surface area contributed by atoms with Gasteiger partial charge in [0.2, 0.25) is 11.9 Å². The highest BCUT2D eigenvalue weighted by molar-refractivity contribution is 5.99. The summed E-state index contributed by atoms with van der Waals surface area (Å²) in [5.74, 6) is 1.20. The topological polar surface area (TPSA) is 163 Å². The normalized spacial score (nSPS) is 11.6. The van der Waals surface area contributed by atoms with Gasteiger partial charge in [0, 0.05) is 0 Å². The van der Waals surface area contributed by atoms with Crippen molar-refractivity contribution in [3.05, 3.63) is 59.7 Å². The Labute approximate surface area is 157 Å². The molecule has 0 amide bonds. The fourth-order valence-corrected chi connectivity index (χ4v) is 2.05. The van der Waals surface area contributed by atoms with E-state index in [0.29, 0.717) is 22.9 Å². The summed E-state index contributed by atoms with van der Waals surface area (Å²) in [5, 5.41) is 15.1. The molecule has 0 aliphatic heterocycles. The van der Waals surface area contributed by atoms with Crippen LogP contribution in [0, 0.1) is 0 Å². The van der Waals surface area contributed by atoms with Gasteiger partial charge in [-0.2, -0.15) is 10.2 Å². The smallest absolute Gasteiger partial charge is 0.211 e. The Balaban J connectivity index is 2.07. The van der Waals surface area contributed by atoms with E-state index >= 15 is 0 Å². The van der Waals surface area contributed by atoms with Gasteiger partial charge in [0.1, 0.15) is 11.5 Å². The van der Waals surface area contributed by atoms with E-state index in [1.807, 2.05) is 62.4 Å². The van der Waals surface area contributed by atoms with Crippen molar-refractivity contribution < 1.29 is 4.74 Å². The molecular weight excluding hydrogens is 344 g/mol. The highest BCUT2D eigenvalue weighted by Crippen LogP contribution is 2.22. The lowest BCUT2D eigenvalue weighted by Gasteiger charge is -2.07. The number of hydrogen-bond donors (Lipinski definition) is 4. The Hall–Kier alpha value is -3.88. The summed E-state index contributed by atoms with van der Waals surface area (Å²) in [6, 6.07) is 14.8. The van der Waals surface area contributed by atoms with Crippen LogP contribution in [0.1, 0.15) is 25.0 Å². The zero-order valence-corrected chi connectivity index (χ0v) is 15.1. The molecule has 0 spiro atoms. The van der Waals surface area contributed by atoms with Crippen LogP contribution < -0.4 is 27.7 Å². The zero-order valence-electron chi connectivity index (χ0n) is 15.1. The van der Waals surface area contributed by atoms with Crippen LogP contribution in [-0.4, -0.2) is 23.3 Å². The van der Waals surface area contributed by atoms with Gasteiger partial charge in [0.25, 0.3) is 0 Å². The summed E-state index contributed by atoms with van der Waals surface area (Å²) in [6.07, 6.45) is 0. The van der Waals surface area contributed by atoms with Crippen LogP contribution in [-0.2, 0) is 0 Å². The van der Waals surface area contributed by atoms with Crippen molar-refractivity contribution in [2.75, 3.05) is 0 Å². The van der Waals surface area contributed by atoms with Crippen LogP contribution >= 0.6 is 0 Å². The highest BCUT2D eigenvalue weighted by Gasteiger charge is 2.02. The van der Waals surface area contributed by atoms with Crippen LogP contribution in [0.15, 0.2) is 68.9 Å². The second kappa shape index (κ2) is 8.99. The molecule has 2 aromatic rings. The van der Waals surface area contributed by atoms with Gasteiger partial charge in [0.15, 0.2) is 0 Å². The fourth-order valence-electron chi connectivity index (χ4n) is 2.05. The number of nitrogens with two attached hydrogens (primary N) is 4. The molecule has 0 bridgehead atoms. The summed E-state index contributed by atoms with van der Waals surface area (Å²) >= 11 is 0. The lowest BCUT2D eigenvalue weighted by atomic mass is 10.1. The van der Waals surface area contributed by atoms with Gasteiger partial charge in [0.05, 0.1) is 11.4 Å². The number of hydrogen-bond acceptors (Lipinski definition) is 5. The molecule has 0 aliphatic carbocycles. The minimum atomic E-state index is -0.0867. The molecule has 8 N–H and O–H groups in total. The van der Waals surface area contributed by atoms with Crippen LogP contribution in [0.5, 0.6) is 11.5 Å². The maximum atomic E-state index is 5.83.